The molecule has 1 N–H and O–H groups in total. The van der Waals surface area contributed by atoms with E-state index in [9.17, 15) is 41.2 Å². The SMILES string of the molecule is COC(=O)c1ccc(C(=O)N2C[C@H](S(=O)(=O)c3ccccc3C(F)(F)F)CC2C(=O)NC2(C#N)CC2)cc1. The highest BCUT2D eigenvalue weighted by Crippen LogP contribution is 2.39. The summed E-state index contributed by atoms with van der Waals surface area (Å²) in [6.07, 6.45) is -4.65. The Morgan fingerprint density at radius 1 is 1.08 bits per heavy atom. The Balaban J connectivity index is 1.69. The number of hydrogen-bond donors (Lipinski definition) is 1. The van der Waals surface area contributed by atoms with Crippen molar-refractivity contribution in [3.05, 3.63) is 65.2 Å². The molecule has 1 saturated heterocycles. The van der Waals surface area contributed by atoms with Crippen molar-refractivity contribution < 1.29 is 40.7 Å². The smallest absolute Gasteiger partial charge is 0.417 e. The summed E-state index contributed by atoms with van der Waals surface area (Å²) < 4.78 is 72.2. The third kappa shape index (κ3) is 5.08. The van der Waals surface area contributed by atoms with Gasteiger partial charge in [-0.05, 0) is 55.7 Å². The molecule has 1 heterocycles. The molecule has 1 aliphatic heterocycles. The number of carbonyl (C=O) groups is 3. The molecule has 13 heteroatoms. The summed E-state index contributed by atoms with van der Waals surface area (Å²) in [5.74, 6) is -2.18. The van der Waals surface area contributed by atoms with Crippen molar-refractivity contribution in [2.45, 2.75) is 47.2 Å². The summed E-state index contributed by atoms with van der Waals surface area (Å²) in [7, 11) is -3.46. The Bertz CT molecular complexity index is 1430. The molecule has 200 valence electrons. The van der Waals surface area contributed by atoms with Crippen LogP contribution < -0.4 is 5.32 Å². The van der Waals surface area contributed by atoms with Crippen molar-refractivity contribution in [2.24, 2.45) is 0 Å². The lowest BCUT2D eigenvalue weighted by Crippen LogP contribution is -2.49. The van der Waals surface area contributed by atoms with Crippen LogP contribution in [-0.4, -0.2) is 61.6 Å². The fourth-order valence-electron chi connectivity index (χ4n) is 4.37. The Hall–Kier alpha value is -3.92. The lowest BCUT2D eigenvalue weighted by molar-refractivity contribution is -0.139. The molecule has 0 aromatic heterocycles. The highest BCUT2D eigenvalue weighted by Gasteiger charge is 2.51. The zero-order valence-electron chi connectivity index (χ0n) is 20.0. The zero-order chi connectivity index (χ0) is 27.9. The molecular weight excluding hydrogens is 527 g/mol. The number of nitrogens with one attached hydrogen (secondary N) is 1. The molecule has 1 saturated carbocycles. The lowest BCUT2D eigenvalue weighted by Gasteiger charge is -2.25. The van der Waals surface area contributed by atoms with E-state index in [0.717, 1.165) is 23.1 Å². The molecule has 4 rings (SSSR count). The average Bonchev–Trinajstić information content (AvgIpc) is 3.52. The summed E-state index contributed by atoms with van der Waals surface area (Å²) in [6.45, 7) is -0.552. The minimum Gasteiger partial charge on any atom is -0.465 e. The first-order valence-electron chi connectivity index (χ1n) is 11.5. The van der Waals surface area contributed by atoms with Crippen LogP contribution in [0.2, 0.25) is 0 Å². The Morgan fingerprint density at radius 2 is 1.68 bits per heavy atom. The van der Waals surface area contributed by atoms with Gasteiger partial charge in [0.05, 0.1) is 34.5 Å². The number of benzene rings is 2. The van der Waals surface area contributed by atoms with Gasteiger partial charge in [0, 0.05) is 12.1 Å². The van der Waals surface area contributed by atoms with Gasteiger partial charge in [0.2, 0.25) is 5.91 Å². The second-order valence-electron chi connectivity index (χ2n) is 9.12. The largest absolute Gasteiger partial charge is 0.465 e. The van der Waals surface area contributed by atoms with E-state index in [1.807, 2.05) is 6.07 Å². The van der Waals surface area contributed by atoms with Crippen LogP contribution in [0.25, 0.3) is 0 Å². The lowest BCUT2D eigenvalue weighted by atomic mass is 10.1. The fourth-order valence-corrected chi connectivity index (χ4v) is 6.28. The van der Waals surface area contributed by atoms with Crippen molar-refractivity contribution in [3.63, 3.8) is 0 Å². The normalized spacial score (nSPS) is 20.3. The van der Waals surface area contributed by atoms with Crippen LogP contribution >= 0.6 is 0 Å². The Morgan fingerprint density at radius 3 is 2.24 bits per heavy atom. The number of likely N-dealkylation sites (tertiary alicyclic amines) is 1. The third-order valence-corrected chi connectivity index (χ3v) is 8.83. The van der Waals surface area contributed by atoms with Crippen LogP contribution in [-0.2, 0) is 25.5 Å². The summed E-state index contributed by atoms with van der Waals surface area (Å²) in [6, 6.07) is 9.56. The van der Waals surface area contributed by atoms with Crippen LogP contribution in [0.4, 0.5) is 13.2 Å². The predicted octanol–water partition coefficient (Wildman–Crippen LogP) is 2.72. The molecule has 2 fully saturated rings. The second kappa shape index (κ2) is 9.75. The predicted molar refractivity (Wildman–Crippen MR) is 125 cm³/mol. The molecule has 1 unspecified atom stereocenters. The van der Waals surface area contributed by atoms with Crippen LogP contribution in [0.5, 0.6) is 0 Å². The number of halogens is 3. The third-order valence-electron chi connectivity index (χ3n) is 6.64. The molecule has 1 aliphatic carbocycles. The van der Waals surface area contributed by atoms with Crippen molar-refractivity contribution >= 4 is 27.6 Å². The van der Waals surface area contributed by atoms with E-state index >= 15 is 0 Å². The van der Waals surface area contributed by atoms with Crippen molar-refractivity contribution in [2.75, 3.05) is 13.7 Å². The first-order chi connectivity index (χ1) is 17.8. The maximum absolute atomic E-state index is 13.6. The number of amides is 2. The standard InChI is InChI=1S/C25H22F3N3O6S/c1-37-23(34)16-8-6-15(7-9-16)22(33)31-13-17(12-19(31)21(32)30-24(14-29)10-11-24)38(35,36)20-5-3-2-4-18(20)25(26,27)28/h2-9,17,19H,10-13H2,1H3,(H,30,32)/t17-,19?/m1/s1. The van der Waals surface area contributed by atoms with Gasteiger partial charge in [-0.25, -0.2) is 13.2 Å². The van der Waals surface area contributed by atoms with Gasteiger partial charge in [0.25, 0.3) is 5.91 Å². The first kappa shape index (κ1) is 27.1. The summed E-state index contributed by atoms with van der Waals surface area (Å²) >= 11 is 0. The molecule has 2 amide bonds. The number of rotatable bonds is 6. The van der Waals surface area contributed by atoms with Gasteiger partial charge in [-0.1, -0.05) is 12.1 Å². The monoisotopic (exact) mass is 549 g/mol. The second-order valence-corrected chi connectivity index (χ2v) is 11.3. The number of ether oxygens (including phenoxy) is 1. The molecule has 0 radical (unpaired) electrons. The molecule has 2 aromatic rings. The fraction of sp³-hybridized carbons (Fsp3) is 0.360. The zero-order valence-corrected chi connectivity index (χ0v) is 20.8. The van der Waals surface area contributed by atoms with Crippen LogP contribution in [0.15, 0.2) is 53.4 Å². The van der Waals surface area contributed by atoms with E-state index in [4.69, 9.17) is 0 Å². The molecule has 0 spiro atoms. The molecular formula is C25H22F3N3O6S. The Labute approximate surface area is 216 Å². The number of esters is 1. The van der Waals surface area contributed by atoms with Gasteiger partial charge in [-0.3, -0.25) is 9.59 Å². The molecule has 38 heavy (non-hydrogen) atoms. The van der Waals surface area contributed by atoms with Crippen LogP contribution in [0.1, 0.15) is 45.5 Å². The summed E-state index contributed by atoms with van der Waals surface area (Å²) in [5.41, 5.74) is -2.29. The quantitative estimate of drug-likeness (QED) is 0.548. The number of sulfone groups is 1. The topological polar surface area (TPSA) is 134 Å². The van der Waals surface area contributed by atoms with E-state index in [1.54, 1.807) is 0 Å². The number of methoxy groups -OCH3 is 1. The molecule has 2 aromatic carbocycles. The summed E-state index contributed by atoms with van der Waals surface area (Å²) in [4.78, 5) is 38.3. The summed E-state index contributed by atoms with van der Waals surface area (Å²) in [5, 5.41) is 10.4. The number of carbonyl (C=O) groups excluding carboxylic acids is 3. The molecule has 2 atom stereocenters. The number of nitriles is 1. The van der Waals surface area contributed by atoms with Crippen LogP contribution in [0.3, 0.4) is 0 Å². The van der Waals surface area contributed by atoms with E-state index in [2.05, 4.69) is 10.1 Å². The molecule has 9 nitrogen and oxygen atoms in total. The van der Waals surface area contributed by atoms with E-state index in [0.29, 0.717) is 18.9 Å². The van der Waals surface area contributed by atoms with E-state index in [-0.39, 0.29) is 11.1 Å². The highest BCUT2D eigenvalue weighted by molar-refractivity contribution is 7.92. The van der Waals surface area contributed by atoms with Gasteiger partial charge in [0.15, 0.2) is 9.84 Å². The van der Waals surface area contributed by atoms with E-state index in [1.165, 1.54) is 31.4 Å². The van der Waals surface area contributed by atoms with Gasteiger partial charge < -0.3 is 15.0 Å². The van der Waals surface area contributed by atoms with Gasteiger partial charge in [0.1, 0.15) is 11.6 Å². The number of nitrogens with zero attached hydrogens (tertiary/aromatic N) is 2. The van der Waals surface area contributed by atoms with Gasteiger partial charge >= 0.3 is 12.1 Å². The van der Waals surface area contributed by atoms with Crippen molar-refractivity contribution in [3.8, 4) is 6.07 Å². The minimum absolute atomic E-state index is 0.0191. The Kier molecular flexibility index (Phi) is 6.96. The maximum atomic E-state index is 13.6. The van der Waals surface area contributed by atoms with Crippen molar-refractivity contribution in [1.82, 2.24) is 10.2 Å². The average molecular weight is 550 g/mol. The number of hydrogen-bond acceptors (Lipinski definition) is 7. The maximum Gasteiger partial charge on any atom is 0.417 e. The van der Waals surface area contributed by atoms with Gasteiger partial charge in [-0.15, -0.1) is 0 Å². The minimum atomic E-state index is -4.94. The highest BCUT2D eigenvalue weighted by atomic mass is 32.2. The van der Waals surface area contributed by atoms with Crippen LogP contribution in [0, 0.1) is 11.3 Å². The van der Waals surface area contributed by atoms with Crippen molar-refractivity contribution in [1.29, 1.82) is 5.26 Å². The number of alkyl halides is 3. The van der Waals surface area contributed by atoms with E-state index < -0.39 is 74.1 Å². The first-order valence-corrected chi connectivity index (χ1v) is 13.0. The molecule has 0 bridgehead atoms. The van der Waals surface area contributed by atoms with Gasteiger partial charge in [-0.2, -0.15) is 18.4 Å². The molecule has 2 aliphatic rings.